The lowest BCUT2D eigenvalue weighted by Gasteiger charge is -2.09. The van der Waals surface area contributed by atoms with Crippen LogP contribution >= 0.6 is 27.5 Å². The van der Waals surface area contributed by atoms with E-state index in [9.17, 15) is 8.78 Å². The fourth-order valence-electron chi connectivity index (χ4n) is 1.02. The highest BCUT2D eigenvalue weighted by Gasteiger charge is 2.16. The molecule has 0 saturated carbocycles. The summed E-state index contributed by atoms with van der Waals surface area (Å²) in [4.78, 5) is 3.58. The summed E-state index contributed by atoms with van der Waals surface area (Å²) >= 11 is 8.95. The van der Waals surface area contributed by atoms with E-state index in [1.165, 1.54) is 6.20 Å². The van der Waals surface area contributed by atoms with Crippen molar-refractivity contribution in [2.45, 2.75) is 18.7 Å². The Morgan fingerprint density at radius 2 is 2.23 bits per heavy atom. The third-order valence-corrected chi connectivity index (χ3v) is 2.67. The van der Waals surface area contributed by atoms with Crippen LogP contribution in [0.4, 0.5) is 8.78 Å². The number of pyridine rings is 1. The van der Waals surface area contributed by atoms with Gasteiger partial charge in [0.25, 0.3) is 6.43 Å². The van der Waals surface area contributed by atoms with E-state index < -0.39 is 6.43 Å². The smallest absolute Gasteiger partial charge is 0.253 e. The van der Waals surface area contributed by atoms with Crippen LogP contribution in [-0.2, 0) is 5.33 Å². The first-order valence-corrected chi connectivity index (χ1v) is 5.05. The Morgan fingerprint density at radius 3 is 2.69 bits per heavy atom. The summed E-state index contributed by atoms with van der Waals surface area (Å²) in [5.74, 6) is 0. The fraction of sp³-hybridized carbons (Fsp3) is 0.375. The summed E-state index contributed by atoms with van der Waals surface area (Å²) in [6, 6.07) is 0. The Kier molecular flexibility index (Phi) is 3.62. The molecule has 1 aromatic heterocycles. The minimum Gasteiger partial charge on any atom is -0.253 e. The van der Waals surface area contributed by atoms with Gasteiger partial charge in [-0.3, -0.25) is 4.98 Å². The Morgan fingerprint density at radius 1 is 1.62 bits per heavy atom. The first kappa shape index (κ1) is 10.9. The molecule has 1 rings (SSSR count). The van der Waals surface area contributed by atoms with Gasteiger partial charge in [-0.1, -0.05) is 27.5 Å². The van der Waals surface area contributed by atoms with Gasteiger partial charge < -0.3 is 0 Å². The molecule has 72 valence electrons. The van der Waals surface area contributed by atoms with Crippen LogP contribution in [0.5, 0.6) is 0 Å². The molecular formula is C8H7BrClF2N. The summed E-state index contributed by atoms with van der Waals surface area (Å²) in [5.41, 5.74) is 0.935. The molecule has 0 radical (unpaired) electrons. The number of hydrogen-bond donors (Lipinski definition) is 0. The maximum atomic E-state index is 12.4. The molecule has 13 heavy (non-hydrogen) atoms. The second-order valence-corrected chi connectivity index (χ2v) is 3.50. The highest BCUT2D eigenvalue weighted by molar-refractivity contribution is 9.08. The van der Waals surface area contributed by atoms with E-state index >= 15 is 0 Å². The van der Waals surface area contributed by atoms with Gasteiger partial charge in [-0.25, -0.2) is 8.78 Å². The highest BCUT2D eigenvalue weighted by Crippen LogP contribution is 2.28. The molecule has 0 unspecified atom stereocenters. The zero-order chi connectivity index (χ0) is 10.0. The molecule has 0 spiro atoms. The summed E-state index contributed by atoms with van der Waals surface area (Å²) < 4.78 is 24.7. The van der Waals surface area contributed by atoms with Gasteiger partial charge in [0.1, 0.15) is 5.69 Å². The van der Waals surface area contributed by atoms with Crippen molar-refractivity contribution in [2.75, 3.05) is 0 Å². The van der Waals surface area contributed by atoms with E-state index in [4.69, 9.17) is 11.6 Å². The lowest BCUT2D eigenvalue weighted by molar-refractivity contribution is 0.145. The lowest BCUT2D eigenvalue weighted by atomic mass is 10.1. The van der Waals surface area contributed by atoms with Crippen LogP contribution in [0.2, 0.25) is 5.02 Å². The quantitative estimate of drug-likeness (QED) is 0.743. The van der Waals surface area contributed by atoms with Crippen LogP contribution in [0.3, 0.4) is 0 Å². The lowest BCUT2D eigenvalue weighted by Crippen LogP contribution is -1.98. The zero-order valence-electron chi connectivity index (χ0n) is 6.82. The molecule has 1 aromatic rings. The van der Waals surface area contributed by atoms with Crippen LogP contribution in [-0.4, -0.2) is 4.98 Å². The Balaban J connectivity index is 3.27. The predicted molar refractivity (Wildman–Crippen MR) is 51.6 cm³/mol. The van der Waals surface area contributed by atoms with Crippen molar-refractivity contribution in [3.05, 3.63) is 28.0 Å². The first-order valence-electron chi connectivity index (χ1n) is 3.56. The van der Waals surface area contributed by atoms with Crippen molar-refractivity contribution in [3.8, 4) is 0 Å². The van der Waals surface area contributed by atoms with Crippen molar-refractivity contribution in [1.82, 2.24) is 4.98 Å². The molecule has 0 N–H and O–H groups in total. The van der Waals surface area contributed by atoms with Crippen LogP contribution in [0.15, 0.2) is 6.20 Å². The molecule has 0 amide bonds. The van der Waals surface area contributed by atoms with Crippen LogP contribution in [0, 0.1) is 6.92 Å². The number of alkyl halides is 3. The molecular weight excluding hydrogens is 263 g/mol. The summed E-state index contributed by atoms with van der Waals surface area (Å²) in [6.45, 7) is 1.59. The van der Waals surface area contributed by atoms with E-state index in [0.717, 1.165) is 0 Å². The number of hydrogen-bond acceptors (Lipinski definition) is 1. The molecule has 0 bridgehead atoms. The molecule has 0 aromatic carbocycles. The molecule has 0 fully saturated rings. The van der Waals surface area contributed by atoms with E-state index in [1.807, 2.05) is 0 Å². The highest BCUT2D eigenvalue weighted by atomic mass is 79.9. The molecule has 0 aliphatic heterocycles. The van der Waals surface area contributed by atoms with Crippen molar-refractivity contribution < 1.29 is 8.78 Å². The molecule has 5 heteroatoms. The minimum absolute atomic E-state index is 0.196. The number of aromatic nitrogens is 1. The molecule has 0 aliphatic carbocycles. The maximum Gasteiger partial charge on any atom is 0.280 e. The van der Waals surface area contributed by atoms with Crippen molar-refractivity contribution in [1.29, 1.82) is 0 Å². The van der Waals surface area contributed by atoms with E-state index in [0.29, 0.717) is 21.5 Å². The molecule has 1 nitrogen and oxygen atoms in total. The van der Waals surface area contributed by atoms with Crippen molar-refractivity contribution >= 4 is 27.5 Å². The van der Waals surface area contributed by atoms with Gasteiger partial charge in [0.05, 0.1) is 5.02 Å². The van der Waals surface area contributed by atoms with E-state index in [-0.39, 0.29) is 5.69 Å². The maximum absolute atomic E-state index is 12.4. The van der Waals surface area contributed by atoms with Gasteiger partial charge in [0.2, 0.25) is 0 Å². The summed E-state index contributed by atoms with van der Waals surface area (Å²) in [5, 5.41) is 0.874. The molecule has 0 saturated heterocycles. The van der Waals surface area contributed by atoms with Gasteiger partial charge in [-0.15, -0.1) is 0 Å². The monoisotopic (exact) mass is 269 g/mol. The summed E-state index contributed by atoms with van der Waals surface area (Å²) in [7, 11) is 0. The average molecular weight is 271 g/mol. The second-order valence-electron chi connectivity index (χ2n) is 2.53. The number of halogens is 4. The minimum atomic E-state index is -2.55. The zero-order valence-corrected chi connectivity index (χ0v) is 9.16. The van der Waals surface area contributed by atoms with Crippen LogP contribution < -0.4 is 0 Å². The van der Waals surface area contributed by atoms with Gasteiger partial charge in [-0.2, -0.15) is 0 Å². The third kappa shape index (κ3) is 2.17. The van der Waals surface area contributed by atoms with Gasteiger partial charge in [0, 0.05) is 11.5 Å². The van der Waals surface area contributed by atoms with E-state index in [1.54, 1.807) is 6.92 Å². The topological polar surface area (TPSA) is 12.9 Å². The average Bonchev–Trinajstić information content (AvgIpc) is 2.04. The molecule has 1 heterocycles. The standard InChI is InChI=1S/C8H7BrClF2N/c1-4-5(2-9)6(10)3-13-7(4)8(11)12/h3,8H,2H2,1H3. The number of nitrogens with zero attached hydrogens (tertiary/aromatic N) is 1. The number of rotatable bonds is 2. The van der Waals surface area contributed by atoms with Gasteiger partial charge >= 0.3 is 0 Å². The summed E-state index contributed by atoms with van der Waals surface area (Å²) in [6.07, 6.45) is -1.29. The molecule has 0 aliphatic rings. The SMILES string of the molecule is Cc1c(C(F)F)ncc(Cl)c1CBr. The first-order chi connectivity index (χ1) is 6.07. The Hall–Kier alpha value is -0.220. The largest absolute Gasteiger partial charge is 0.280 e. The van der Waals surface area contributed by atoms with Crippen molar-refractivity contribution in [3.63, 3.8) is 0 Å². The third-order valence-electron chi connectivity index (χ3n) is 1.78. The predicted octanol–water partition coefficient (Wildman–Crippen LogP) is 3.88. The Labute approximate surface area is 88.2 Å². The van der Waals surface area contributed by atoms with E-state index in [2.05, 4.69) is 20.9 Å². The molecule has 0 atom stereocenters. The Bertz CT molecular complexity index is 317. The van der Waals surface area contributed by atoms with Gasteiger partial charge in [-0.05, 0) is 18.1 Å². The van der Waals surface area contributed by atoms with Crippen LogP contribution in [0.25, 0.3) is 0 Å². The van der Waals surface area contributed by atoms with Gasteiger partial charge in [0.15, 0.2) is 0 Å². The van der Waals surface area contributed by atoms with Crippen LogP contribution in [0.1, 0.15) is 23.2 Å². The fourth-order valence-corrected chi connectivity index (χ4v) is 2.16. The second kappa shape index (κ2) is 4.33. The van der Waals surface area contributed by atoms with Crippen molar-refractivity contribution in [2.24, 2.45) is 0 Å². The normalized spacial score (nSPS) is 10.9.